The molecule has 0 bridgehead atoms. The Kier molecular flexibility index (Phi) is 3.22. The molecule has 7 heteroatoms. The van der Waals surface area contributed by atoms with E-state index < -0.39 is 17.6 Å². The number of halogens is 2. The average Bonchev–Trinajstić information content (AvgIpc) is 2.79. The van der Waals surface area contributed by atoms with Crippen molar-refractivity contribution in [3.05, 3.63) is 47.8 Å². The number of hydrogen-bond acceptors (Lipinski definition) is 3. The lowest BCUT2D eigenvalue weighted by Gasteiger charge is -2.06. The van der Waals surface area contributed by atoms with E-state index >= 15 is 0 Å². The summed E-state index contributed by atoms with van der Waals surface area (Å²) in [5, 5.41) is 12.3. The maximum atomic E-state index is 12.9. The number of carboxylic acids is 1. The molecular weight excluding hydrogens is 246 g/mol. The van der Waals surface area contributed by atoms with Gasteiger partial charge in [0.1, 0.15) is 5.75 Å². The molecule has 0 amide bonds. The minimum Gasteiger partial charge on any atom is -0.476 e. The lowest BCUT2D eigenvalue weighted by molar-refractivity contribution is 0.0688. The second-order valence-electron chi connectivity index (χ2n) is 3.39. The van der Waals surface area contributed by atoms with Gasteiger partial charge in [0.2, 0.25) is 0 Å². The molecule has 94 valence electrons. The molecule has 1 N–H and O–H groups in total. The number of ether oxygens (including phenoxy) is 1. The monoisotopic (exact) mass is 254 g/mol. The van der Waals surface area contributed by atoms with Crippen molar-refractivity contribution in [2.24, 2.45) is 0 Å². The number of aromatic nitrogens is 2. The summed E-state index contributed by atoms with van der Waals surface area (Å²) in [7, 11) is 0. The summed E-state index contributed by atoms with van der Waals surface area (Å²) in [4.78, 5) is 10.6. The van der Waals surface area contributed by atoms with Gasteiger partial charge in [0, 0.05) is 12.3 Å². The van der Waals surface area contributed by atoms with E-state index in [1.165, 1.54) is 23.0 Å². The summed E-state index contributed by atoms with van der Waals surface area (Å²) >= 11 is 0. The second kappa shape index (κ2) is 4.82. The number of benzene rings is 1. The summed E-state index contributed by atoms with van der Waals surface area (Å²) in [5.41, 5.74) is -0.121. The van der Waals surface area contributed by atoms with Gasteiger partial charge in [-0.3, -0.25) is 0 Å². The van der Waals surface area contributed by atoms with Gasteiger partial charge in [-0.15, -0.1) is 0 Å². The number of hydrogen-bond donors (Lipinski definition) is 1. The third-order valence-corrected chi connectivity index (χ3v) is 2.11. The van der Waals surface area contributed by atoms with Crippen LogP contribution < -0.4 is 4.74 Å². The van der Waals surface area contributed by atoms with Crippen molar-refractivity contribution in [2.45, 2.75) is 6.73 Å². The van der Waals surface area contributed by atoms with Crippen LogP contribution in [0.2, 0.25) is 0 Å². The van der Waals surface area contributed by atoms with Gasteiger partial charge in [-0.25, -0.2) is 18.3 Å². The summed E-state index contributed by atoms with van der Waals surface area (Å²) in [6, 6.07) is 4.41. The lowest BCUT2D eigenvalue weighted by Crippen LogP contribution is -2.07. The van der Waals surface area contributed by atoms with Crippen molar-refractivity contribution < 1.29 is 23.4 Å². The van der Waals surface area contributed by atoms with Crippen LogP contribution in [0.4, 0.5) is 8.78 Å². The zero-order chi connectivity index (χ0) is 13.1. The highest BCUT2D eigenvalue weighted by atomic mass is 19.2. The topological polar surface area (TPSA) is 64.3 Å². The van der Waals surface area contributed by atoms with Gasteiger partial charge in [0.15, 0.2) is 24.1 Å². The molecule has 0 spiro atoms. The Morgan fingerprint density at radius 3 is 2.72 bits per heavy atom. The Hall–Kier alpha value is -2.44. The van der Waals surface area contributed by atoms with Crippen LogP contribution in [0.3, 0.4) is 0 Å². The predicted octanol–water partition coefficient (Wildman–Crippen LogP) is 1.90. The third kappa shape index (κ3) is 2.62. The van der Waals surface area contributed by atoms with Crippen LogP contribution in [0.15, 0.2) is 30.5 Å². The Labute approximate surface area is 100 Å². The second-order valence-corrected chi connectivity index (χ2v) is 3.39. The Morgan fingerprint density at radius 1 is 1.33 bits per heavy atom. The van der Waals surface area contributed by atoms with Crippen molar-refractivity contribution >= 4 is 5.97 Å². The first-order valence-corrected chi connectivity index (χ1v) is 4.91. The SMILES string of the molecule is O=C(O)c1ccn(COc2ccc(F)c(F)c2)n1. The smallest absolute Gasteiger partial charge is 0.356 e. The predicted molar refractivity (Wildman–Crippen MR) is 56.2 cm³/mol. The fraction of sp³-hybridized carbons (Fsp3) is 0.0909. The van der Waals surface area contributed by atoms with Crippen LogP contribution >= 0.6 is 0 Å². The molecule has 0 saturated carbocycles. The summed E-state index contributed by atoms with van der Waals surface area (Å²) in [6.07, 6.45) is 1.41. The first-order chi connectivity index (χ1) is 8.56. The number of rotatable bonds is 4. The first kappa shape index (κ1) is 12.0. The van der Waals surface area contributed by atoms with E-state index in [1.54, 1.807) is 0 Å². The molecule has 0 aliphatic rings. The Bertz CT molecular complexity index is 583. The van der Waals surface area contributed by atoms with Gasteiger partial charge < -0.3 is 9.84 Å². The fourth-order valence-corrected chi connectivity index (χ4v) is 1.25. The minimum atomic E-state index is -1.15. The summed E-state index contributed by atoms with van der Waals surface area (Å²) in [6.45, 7) is -0.0989. The third-order valence-electron chi connectivity index (χ3n) is 2.11. The van der Waals surface area contributed by atoms with Gasteiger partial charge >= 0.3 is 5.97 Å². The van der Waals surface area contributed by atoms with Crippen molar-refractivity contribution in [1.29, 1.82) is 0 Å². The summed E-state index contributed by atoms with van der Waals surface area (Å²) < 4.78 is 31.8. The number of carbonyl (C=O) groups is 1. The maximum Gasteiger partial charge on any atom is 0.356 e. The molecule has 1 aromatic carbocycles. The molecule has 0 aliphatic heterocycles. The van der Waals surface area contributed by atoms with Crippen LogP contribution in [0.5, 0.6) is 5.75 Å². The molecule has 2 aromatic rings. The van der Waals surface area contributed by atoms with Crippen LogP contribution in [-0.4, -0.2) is 20.9 Å². The van der Waals surface area contributed by atoms with Crippen molar-refractivity contribution in [2.75, 3.05) is 0 Å². The molecule has 0 unspecified atom stereocenters. The number of aromatic carboxylic acids is 1. The van der Waals surface area contributed by atoms with Crippen LogP contribution in [0.1, 0.15) is 10.5 Å². The number of carboxylic acid groups (broad SMARTS) is 1. The summed E-state index contributed by atoms with van der Waals surface area (Å²) in [5.74, 6) is -3.00. The van der Waals surface area contributed by atoms with E-state index in [1.807, 2.05) is 0 Å². The van der Waals surface area contributed by atoms with E-state index in [-0.39, 0.29) is 18.2 Å². The van der Waals surface area contributed by atoms with Crippen LogP contribution in [0, 0.1) is 11.6 Å². The normalized spacial score (nSPS) is 10.3. The fourth-order valence-electron chi connectivity index (χ4n) is 1.25. The molecule has 5 nitrogen and oxygen atoms in total. The molecule has 0 saturated heterocycles. The van der Waals surface area contributed by atoms with E-state index in [0.717, 1.165) is 12.1 Å². The highest BCUT2D eigenvalue weighted by molar-refractivity contribution is 5.84. The van der Waals surface area contributed by atoms with E-state index in [4.69, 9.17) is 9.84 Å². The Balaban J connectivity index is 2.02. The van der Waals surface area contributed by atoms with Gasteiger partial charge in [-0.2, -0.15) is 5.10 Å². The average molecular weight is 254 g/mol. The number of nitrogens with zero attached hydrogens (tertiary/aromatic N) is 2. The van der Waals surface area contributed by atoms with Crippen LogP contribution in [-0.2, 0) is 6.73 Å². The van der Waals surface area contributed by atoms with Gasteiger partial charge in [-0.1, -0.05) is 0 Å². The van der Waals surface area contributed by atoms with Gasteiger partial charge in [0.25, 0.3) is 0 Å². The molecule has 0 atom stereocenters. The molecule has 2 rings (SSSR count). The van der Waals surface area contributed by atoms with Crippen molar-refractivity contribution in [3.8, 4) is 5.75 Å². The largest absolute Gasteiger partial charge is 0.476 e. The quantitative estimate of drug-likeness (QED) is 0.904. The van der Waals surface area contributed by atoms with Crippen molar-refractivity contribution in [3.63, 3.8) is 0 Å². The van der Waals surface area contributed by atoms with Crippen LogP contribution in [0.25, 0.3) is 0 Å². The van der Waals surface area contributed by atoms with Gasteiger partial charge in [-0.05, 0) is 18.2 Å². The zero-order valence-corrected chi connectivity index (χ0v) is 9.01. The highest BCUT2D eigenvalue weighted by Crippen LogP contribution is 2.15. The van der Waals surface area contributed by atoms with E-state index in [2.05, 4.69) is 5.10 Å². The van der Waals surface area contributed by atoms with E-state index in [9.17, 15) is 13.6 Å². The standard InChI is InChI=1S/C11H8F2N2O3/c12-8-2-1-7(5-9(8)13)18-6-15-4-3-10(14-15)11(16)17/h1-5H,6H2,(H,16,17). The highest BCUT2D eigenvalue weighted by Gasteiger charge is 2.07. The maximum absolute atomic E-state index is 12.9. The molecule has 0 aliphatic carbocycles. The zero-order valence-electron chi connectivity index (χ0n) is 9.01. The molecule has 18 heavy (non-hydrogen) atoms. The molecule has 0 fully saturated rings. The molecular formula is C11H8F2N2O3. The van der Waals surface area contributed by atoms with E-state index in [0.29, 0.717) is 0 Å². The molecule has 1 heterocycles. The minimum absolute atomic E-state index is 0.0989. The molecule has 1 aromatic heterocycles. The molecule has 0 radical (unpaired) electrons. The van der Waals surface area contributed by atoms with Gasteiger partial charge in [0.05, 0.1) is 0 Å². The van der Waals surface area contributed by atoms with Crippen molar-refractivity contribution in [1.82, 2.24) is 9.78 Å². The Morgan fingerprint density at radius 2 is 2.11 bits per heavy atom. The first-order valence-electron chi connectivity index (χ1n) is 4.91. The lowest BCUT2D eigenvalue weighted by atomic mass is 10.3.